The van der Waals surface area contributed by atoms with Crippen LogP contribution in [0.2, 0.25) is 0 Å². The number of aromatic amines is 2. The SMILES string of the molecule is COC(=O)C1Cc2nc[nH]c2CN1C(=O)c1cn[nH]c1C1CCCCC1. The monoisotopic (exact) mass is 357 g/mol. The van der Waals surface area contributed by atoms with E-state index in [0.717, 1.165) is 29.9 Å². The summed E-state index contributed by atoms with van der Waals surface area (Å²) < 4.78 is 4.93. The van der Waals surface area contributed by atoms with Crippen LogP contribution in [-0.2, 0) is 22.5 Å². The van der Waals surface area contributed by atoms with E-state index in [-0.39, 0.29) is 5.91 Å². The Labute approximate surface area is 151 Å². The van der Waals surface area contributed by atoms with Crippen molar-refractivity contribution in [3.8, 4) is 0 Å². The van der Waals surface area contributed by atoms with Crippen LogP contribution in [0.4, 0.5) is 0 Å². The number of imidazole rings is 1. The lowest BCUT2D eigenvalue weighted by Gasteiger charge is -2.33. The zero-order valence-corrected chi connectivity index (χ0v) is 14.8. The largest absolute Gasteiger partial charge is 0.467 e. The number of rotatable bonds is 3. The summed E-state index contributed by atoms with van der Waals surface area (Å²) >= 11 is 0. The number of hydrogen-bond acceptors (Lipinski definition) is 5. The number of nitrogens with one attached hydrogen (secondary N) is 2. The van der Waals surface area contributed by atoms with Crippen LogP contribution in [-0.4, -0.2) is 50.1 Å². The first-order valence-electron chi connectivity index (χ1n) is 9.12. The molecule has 1 aliphatic heterocycles. The second kappa shape index (κ2) is 6.93. The van der Waals surface area contributed by atoms with Gasteiger partial charge < -0.3 is 14.6 Å². The summed E-state index contributed by atoms with van der Waals surface area (Å²) in [5, 5.41) is 7.16. The molecule has 0 spiro atoms. The maximum absolute atomic E-state index is 13.3. The molecule has 2 aliphatic rings. The average Bonchev–Trinajstić information content (AvgIpc) is 3.35. The Kier molecular flexibility index (Phi) is 4.48. The van der Waals surface area contributed by atoms with Gasteiger partial charge in [0.25, 0.3) is 5.91 Å². The maximum atomic E-state index is 13.3. The summed E-state index contributed by atoms with van der Waals surface area (Å²) in [7, 11) is 1.34. The molecule has 2 N–H and O–H groups in total. The third-order valence-corrected chi connectivity index (χ3v) is 5.55. The fourth-order valence-corrected chi connectivity index (χ4v) is 4.12. The average molecular weight is 357 g/mol. The van der Waals surface area contributed by atoms with Crippen molar-refractivity contribution in [3.63, 3.8) is 0 Å². The van der Waals surface area contributed by atoms with E-state index in [1.54, 1.807) is 17.4 Å². The van der Waals surface area contributed by atoms with Gasteiger partial charge in [-0.05, 0) is 12.8 Å². The highest BCUT2D eigenvalue weighted by molar-refractivity contribution is 5.98. The maximum Gasteiger partial charge on any atom is 0.329 e. The van der Waals surface area contributed by atoms with Gasteiger partial charge in [0, 0.05) is 12.3 Å². The summed E-state index contributed by atoms with van der Waals surface area (Å²) in [6.45, 7) is 0.309. The van der Waals surface area contributed by atoms with Crippen LogP contribution >= 0.6 is 0 Å². The van der Waals surface area contributed by atoms with Gasteiger partial charge >= 0.3 is 5.97 Å². The Balaban J connectivity index is 1.64. The van der Waals surface area contributed by atoms with E-state index in [1.165, 1.54) is 26.4 Å². The minimum absolute atomic E-state index is 0.185. The predicted octanol–water partition coefficient (Wildman–Crippen LogP) is 1.92. The molecule has 0 saturated heterocycles. The Morgan fingerprint density at radius 2 is 2.08 bits per heavy atom. The topological polar surface area (TPSA) is 104 Å². The number of fused-ring (bicyclic) bond motifs is 1. The Hall–Kier alpha value is -2.64. The van der Waals surface area contributed by atoms with Crippen molar-refractivity contribution in [2.24, 2.45) is 0 Å². The van der Waals surface area contributed by atoms with E-state index >= 15 is 0 Å². The zero-order chi connectivity index (χ0) is 18.1. The molecule has 1 atom stereocenters. The number of aromatic nitrogens is 4. The number of H-pyrrole nitrogens is 2. The number of amides is 1. The number of nitrogens with zero attached hydrogens (tertiary/aromatic N) is 3. The van der Waals surface area contributed by atoms with Gasteiger partial charge in [-0.3, -0.25) is 9.89 Å². The summed E-state index contributed by atoms with van der Waals surface area (Å²) in [5.74, 6) is -0.279. The molecule has 8 heteroatoms. The van der Waals surface area contributed by atoms with Crippen molar-refractivity contribution in [1.29, 1.82) is 0 Å². The van der Waals surface area contributed by atoms with Gasteiger partial charge in [0.1, 0.15) is 6.04 Å². The third-order valence-electron chi connectivity index (χ3n) is 5.55. The molecule has 2 aromatic rings. The minimum atomic E-state index is -0.669. The van der Waals surface area contributed by atoms with Gasteiger partial charge in [0.15, 0.2) is 0 Å². The highest BCUT2D eigenvalue weighted by Gasteiger charge is 2.38. The van der Waals surface area contributed by atoms with Crippen LogP contribution in [0.1, 0.15) is 65.5 Å². The first-order valence-corrected chi connectivity index (χ1v) is 9.12. The Bertz CT molecular complexity index is 805. The molecule has 0 bridgehead atoms. The molecule has 1 aliphatic carbocycles. The summed E-state index contributed by atoms with van der Waals surface area (Å²) in [6, 6.07) is -0.669. The molecular weight excluding hydrogens is 334 g/mol. The standard InChI is InChI=1S/C18H23N5O3/c1-26-18(25)15-7-13-14(20-10-19-13)9-23(15)17(24)12-8-21-22-16(12)11-5-3-2-4-6-11/h8,10-11,15H,2-7,9H2,1H3,(H,19,20)(H,21,22). The lowest BCUT2D eigenvalue weighted by atomic mass is 9.85. The van der Waals surface area contributed by atoms with Crippen molar-refractivity contribution >= 4 is 11.9 Å². The number of methoxy groups -OCH3 is 1. The molecule has 138 valence electrons. The van der Waals surface area contributed by atoms with E-state index < -0.39 is 12.0 Å². The van der Waals surface area contributed by atoms with Gasteiger partial charge in [-0.1, -0.05) is 19.3 Å². The van der Waals surface area contributed by atoms with E-state index in [1.807, 2.05) is 0 Å². The number of ether oxygens (including phenoxy) is 1. The van der Waals surface area contributed by atoms with Crippen LogP contribution < -0.4 is 0 Å². The predicted molar refractivity (Wildman–Crippen MR) is 92.4 cm³/mol. The van der Waals surface area contributed by atoms with Crippen molar-refractivity contribution < 1.29 is 14.3 Å². The number of hydrogen-bond donors (Lipinski definition) is 2. The molecule has 26 heavy (non-hydrogen) atoms. The van der Waals surface area contributed by atoms with Gasteiger partial charge in [0.2, 0.25) is 0 Å². The Morgan fingerprint density at radius 3 is 2.85 bits per heavy atom. The highest BCUT2D eigenvalue weighted by atomic mass is 16.5. The fourth-order valence-electron chi connectivity index (χ4n) is 4.12. The lowest BCUT2D eigenvalue weighted by Crippen LogP contribution is -2.49. The number of esters is 1. The van der Waals surface area contributed by atoms with Crippen LogP contribution in [0.3, 0.4) is 0 Å². The van der Waals surface area contributed by atoms with E-state index in [9.17, 15) is 9.59 Å². The molecule has 1 amide bonds. The number of carbonyl (C=O) groups is 2. The first kappa shape index (κ1) is 16.8. The second-order valence-electron chi connectivity index (χ2n) is 7.04. The summed E-state index contributed by atoms with van der Waals surface area (Å²) in [4.78, 5) is 34.5. The molecule has 1 unspecified atom stereocenters. The smallest absolute Gasteiger partial charge is 0.329 e. The van der Waals surface area contributed by atoms with Crippen LogP contribution in [0.15, 0.2) is 12.5 Å². The lowest BCUT2D eigenvalue weighted by molar-refractivity contribution is -0.146. The highest BCUT2D eigenvalue weighted by Crippen LogP contribution is 2.34. The molecule has 3 heterocycles. The van der Waals surface area contributed by atoms with Crippen molar-refractivity contribution in [2.45, 2.75) is 57.0 Å². The fraction of sp³-hybridized carbons (Fsp3) is 0.556. The molecule has 0 radical (unpaired) electrons. The van der Waals surface area contributed by atoms with Crippen LogP contribution in [0, 0.1) is 0 Å². The molecule has 1 saturated carbocycles. The van der Waals surface area contributed by atoms with E-state index in [2.05, 4.69) is 20.2 Å². The van der Waals surface area contributed by atoms with Crippen molar-refractivity contribution in [2.75, 3.05) is 7.11 Å². The van der Waals surface area contributed by atoms with Crippen molar-refractivity contribution in [3.05, 3.63) is 35.2 Å². The summed E-state index contributed by atoms with van der Waals surface area (Å²) in [6.07, 6.45) is 9.25. The van der Waals surface area contributed by atoms with E-state index in [4.69, 9.17) is 4.74 Å². The molecule has 1 fully saturated rings. The number of carbonyl (C=O) groups excluding carboxylic acids is 2. The quantitative estimate of drug-likeness (QED) is 0.817. The molecule has 4 rings (SSSR count). The van der Waals surface area contributed by atoms with E-state index in [0.29, 0.717) is 24.4 Å². The minimum Gasteiger partial charge on any atom is -0.467 e. The molecule has 8 nitrogen and oxygen atoms in total. The first-order chi connectivity index (χ1) is 12.7. The molecule has 0 aromatic carbocycles. The van der Waals surface area contributed by atoms with Gasteiger partial charge in [-0.25, -0.2) is 9.78 Å². The Morgan fingerprint density at radius 1 is 1.27 bits per heavy atom. The van der Waals surface area contributed by atoms with Gasteiger partial charge in [-0.2, -0.15) is 5.10 Å². The second-order valence-corrected chi connectivity index (χ2v) is 7.04. The summed E-state index contributed by atoms with van der Waals surface area (Å²) in [5.41, 5.74) is 3.13. The van der Waals surface area contributed by atoms with Crippen LogP contribution in [0.25, 0.3) is 0 Å². The van der Waals surface area contributed by atoms with Crippen molar-refractivity contribution in [1.82, 2.24) is 25.1 Å². The normalized spacial score (nSPS) is 20.7. The third kappa shape index (κ3) is 2.89. The zero-order valence-electron chi connectivity index (χ0n) is 14.8. The van der Waals surface area contributed by atoms with Crippen LogP contribution in [0.5, 0.6) is 0 Å². The van der Waals surface area contributed by atoms with Gasteiger partial charge in [0.05, 0.1) is 48.8 Å². The van der Waals surface area contributed by atoms with Gasteiger partial charge in [-0.15, -0.1) is 0 Å². The molecular formula is C18H23N5O3. The molecule has 2 aromatic heterocycles.